The Morgan fingerprint density at radius 1 is 0.330 bits per heavy atom. The van der Waals surface area contributed by atoms with Crippen LogP contribution in [0.25, 0.3) is 0 Å². The summed E-state index contributed by atoms with van der Waals surface area (Å²) >= 11 is 0. The van der Waals surface area contributed by atoms with Crippen LogP contribution in [-0.4, -0.2) is 87.4 Å². The second kappa shape index (κ2) is 71.0. The number of quaternary nitrogens is 1. The largest absolute Gasteiger partial charge is 0.477 e. The number of carboxylic acids is 1. The predicted molar refractivity (Wildman–Crippen MR) is 391 cm³/mol. The fraction of sp³-hybridized carbons (Fsp3) is 0.671. The first-order chi connectivity index (χ1) is 44.6. The summed E-state index contributed by atoms with van der Waals surface area (Å²) in [6, 6.07) is 0. The number of likely N-dealkylation sites (N-methyl/N-ethyl adjacent to an activating group) is 1. The van der Waals surface area contributed by atoms with Crippen molar-refractivity contribution in [1.82, 2.24) is 0 Å². The van der Waals surface area contributed by atoms with E-state index in [1.165, 1.54) is 154 Å². The SMILES string of the molecule is CC/C=C\C/C=C\C/C=C\C/C=C\C/C=C\C/C=C\C/C=C\C/C=C\CCCCCCCCCCCCCCCCCCC(=O)OC(COC(=O)CCCCCCCCCCCCCC/C=C\C/C=C\C/C=C\C/C=C\CC)COC(OCC[N+](C)(C)C)C(=O)O. The van der Waals surface area contributed by atoms with Crippen molar-refractivity contribution < 1.29 is 42.9 Å². The van der Waals surface area contributed by atoms with E-state index in [1.54, 1.807) is 0 Å². The van der Waals surface area contributed by atoms with E-state index in [-0.39, 0.29) is 32.2 Å². The Balaban J connectivity index is 4.07. The number of carbonyl (C=O) groups excluding carboxylic acids is 2. The average Bonchev–Trinajstić information content (AvgIpc) is 3.53. The molecule has 0 saturated heterocycles. The van der Waals surface area contributed by atoms with Gasteiger partial charge in [0, 0.05) is 12.8 Å². The van der Waals surface area contributed by atoms with E-state index in [0.717, 1.165) is 109 Å². The van der Waals surface area contributed by atoms with E-state index in [0.29, 0.717) is 23.9 Å². The van der Waals surface area contributed by atoms with E-state index < -0.39 is 24.3 Å². The molecule has 0 rings (SSSR count). The number of hydrogen-bond donors (Lipinski definition) is 1. The summed E-state index contributed by atoms with van der Waals surface area (Å²) < 4.78 is 23.0. The van der Waals surface area contributed by atoms with Crippen LogP contribution in [-0.2, 0) is 33.3 Å². The van der Waals surface area contributed by atoms with Gasteiger partial charge >= 0.3 is 17.9 Å². The lowest BCUT2D eigenvalue weighted by atomic mass is 10.0. The Morgan fingerprint density at radius 3 is 0.879 bits per heavy atom. The average molecular weight is 1270 g/mol. The second-order valence-corrected chi connectivity index (χ2v) is 25.5. The molecule has 0 aliphatic carbocycles. The number of allylic oxidation sites excluding steroid dienone is 24. The second-order valence-electron chi connectivity index (χ2n) is 25.5. The maximum atomic E-state index is 13.0. The Bertz CT molecular complexity index is 2010. The summed E-state index contributed by atoms with van der Waals surface area (Å²) in [6.45, 7) is 4.66. The highest BCUT2D eigenvalue weighted by Crippen LogP contribution is 2.17. The number of nitrogens with zero attached hydrogens (tertiary/aromatic N) is 1. The fourth-order valence-corrected chi connectivity index (χ4v) is 10.0. The van der Waals surface area contributed by atoms with E-state index >= 15 is 0 Å². The van der Waals surface area contributed by atoms with Gasteiger partial charge in [0.05, 0.1) is 34.4 Å². The zero-order valence-electron chi connectivity index (χ0n) is 59.2. The summed E-state index contributed by atoms with van der Waals surface area (Å²) in [5.41, 5.74) is 0. The first kappa shape index (κ1) is 86.2. The zero-order chi connectivity index (χ0) is 66.1. The maximum Gasteiger partial charge on any atom is 0.361 e. The third-order valence-electron chi connectivity index (χ3n) is 15.6. The molecule has 0 aliphatic heterocycles. The summed E-state index contributed by atoms with van der Waals surface area (Å²) in [4.78, 5) is 37.7. The normalized spacial score (nSPS) is 13.5. The molecule has 0 aliphatic rings. The molecule has 0 spiro atoms. The van der Waals surface area contributed by atoms with Gasteiger partial charge < -0.3 is 28.5 Å². The van der Waals surface area contributed by atoms with Crippen LogP contribution in [0.3, 0.4) is 0 Å². The highest BCUT2D eigenvalue weighted by molar-refractivity contribution is 5.71. The van der Waals surface area contributed by atoms with E-state index in [1.807, 2.05) is 21.1 Å². The molecule has 518 valence electrons. The lowest BCUT2D eigenvalue weighted by Crippen LogP contribution is -2.40. The van der Waals surface area contributed by atoms with Gasteiger partial charge in [0.25, 0.3) is 6.29 Å². The molecule has 2 atom stereocenters. The predicted octanol–water partition coefficient (Wildman–Crippen LogP) is 23.5. The van der Waals surface area contributed by atoms with Crippen molar-refractivity contribution in [3.05, 3.63) is 146 Å². The van der Waals surface area contributed by atoms with Crippen molar-refractivity contribution in [3.8, 4) is 0 Å². The summed E-state index contributed by atoms with van der Waals surface area (Å²) in [5.74, 6) is -2.01. The molecular weight excluding hydrogens is 1130 g/mol. The molecule has 0 aromatic heterocycles. The number of esters is 2. The van der Waals surface area contributed by atoms with Gasteiger partial charge in [0.1, 0.15) is 13.2 Å². The summed E-state index contributed by atoms with van der Waals surface area (Å²) in [7, 11) is 5.98. The minimum atomic E-state index is -1.52. The lowest BCUT2D eigenvalue weighted by Gasteiger charge is -2.25. The summed E-state index contributed by atoms with van der Waals surface area (Å²) in [6.07, 6.45) is 101. The van der Waals surface area contributed by atoms with Crippen molar-refractivity contribution >= 4 is 17.9 Å². The van der Waals surface area contributed by atoms with Crippen molar-refractivity contribution in [2.45, 2.75) is 309 Å². The number of unbranched alkanes of at least 4 members (excludes halogenated alkanes) is 28. The molecular formula is C82H138NO8+. The number of ether oxygens (including phenoxy) is 4. The fourth-order valence-electron chi connectivity index (χ4n) is 10.0. The van der Waals surface area contributed by atoms with Crippen LogP contribution < -0.4 is 0 Å². The first-order valence-corrected chi connectivity index (χ1v) is 37.0. The van der Waals surface area contributed by atoms with Gasteiger partial charge in [-0.15, -0.1) is 0 Å². The highest BCUT2D eigenvalue weighted by Gasteiger charge is 2.25. The molecule has 0 radical (unpaired) electrons. The number of aliphatic carboxylic acids is 1. The van der Waals surface area contributed by atoms with E-state index in [4.69, 9.17) is 18.9 Å². The first-order valence-electron chi connectivity index (χ1n) is 37.0. The molecule has 91 heavy (non-hydrogen) atoms. The number of carboxylic acid groups (broad SMARTS) is 1. The molecule has 0 aromatic rings. The highest BCUT2D eigenvalue weighted by atomic mass is 16.7. The Hall–Kier alpha value is -4.83. The van der Waals surface area contributed by atoms with Crippen molar-refractivity contribution in [3.63, 3.8) is 0 Å². The number of hydrogen-bond acceptors (Lipinski definition) is 7. The molecule has 9 nitrogen and oxygen atoms in total. The van der Waals surface area contributed by atoms with Gasteiger partial charge in [-0.25, -0.2) is 4.79 Å². The maximum absolute atomic E-state index is 13.0. The van der Waals surface area contributed by atoms with Crippen LogP contribution in [0.1, 0.15) is 296 Å². The van der Waals surface area contributed by atoms with Gasteiger partial charge in [-0.2, -0.15) is 0 Å². The van der Waals surface area contributed by atoms with Gasteiger partial charge in [0.2, 0.25) is 0 Å². The van der Waals surface area contributed by atoms with Crippen molar-refractivity contribution in [2.75, 3.05) is 47.5 Å². The molecule has 0 amide bonds. The van der Waals surface area contributed by atoms with Gasteiger partial charge in [0.15, 0.2) is 6.10 Å². The lowest BCUT2D eigenvalue weighted by molar-refractivity contribution is -0.870. The van der Waals surface area contributed by atoms with Gasteiger partial charge in [-0.1, -0.05) is 314 Å². The molecule has 1 N–H and O–H groups in total. The topological polar surface area (TPSA) is 108 Å². The van der Waals surface area contributed by atoms with Crippen molar-refractivity contribution in [2.24, 2.45) is 0 Å². The summed E-state index contributed by atoms with van der Waals surface area (Å²) in [5, 5.41) is 9.76. The Morgan fingerprint density at radius 2 is 0.593 bits per heavy atom. The molecule has 0 fully saturated rings. The number of carbonyl (C=O) groups is 3. The Labute approximate surface area is 560 Å². The third-order valence-corrected chi connectivity index (χ3v) is 15.6. The van der Waals surface area contributed by atoms with E-state index in [2.05, 4.69) is 160 Å². The Kier molecular flexibility index (Phi) is 67.3. The van der Waals surface area contributed by atoms with Crippen LogP contribution in [0.15, 0.2) is 146 Å². The minimum Gasteiger partial charge on any atom is -0.477 e. The minimum absolute atomic E-state index is 0.183. The number of rotatable bonds is 67. The monoisotopic (exact) mass is 1270 g/mol. The third kappa shape index (κ3) is 72.5. The van der Waals surface area contributed by atoms with E-state index in [9.17, 15) is 19.5 Å². The molecule has 9 heteroatoms. The van der Waals surface area contributed by atoms with Crippen LogP contribution in [0.4, 0.5) is 0 Å². The zero-order valence-corrected chi connectivity index (χ0v) is 59.2. The van der Waals surface area contributed by atoms with Crippen LogP contribution in [0, 0.1) is 0 Å². The molecule has 0 heterocycles. The van der Waals surface area contributed by atoms with Crippen LogP contribution in [0.2, 0.25) is 0 Å². The molecule has 0 aromatic carbocycles. The molecule has 0 saturated carbocycles. The standard InChI is InChI=1S/C82H137NO8/c1-6-8-10-12-14-16-18-20-22-24-26-28-30-32-33-34-35-36-37-38-39-40-41-42-43-44-45-46-47-49-51-53-55-57-59-61-63-65-67-69-71-73-80(85)91-78(77-90-82(81(86)87)88-75-74-83(3,4)5)76-89-79(84)72-70-68-66-64-62-60-58-56-54-52-50-48-31-29-27-25-23-21-19-17-15-13-11-9-7-2/h8-11,14-17,20-23,26-29,32-33,35-36,38-39,41-42,78,82H,6-7,12-13,18-19,24-25,30-31,34,37,40,43-77H2,1-5H3/p+1/b10-8-,11-9-,16-14-,17-15-,22-20-,23-21-,28-26-,29-27-,33-32-,36-35-,39-38-,42-41-. The van der Waals surface area contributed by atoms with Crippen molar-refractivity contribution in [1.29, 1.82) is 0 Å². The molecule has 0 bridgehead atoms. The smallest absolute Gasteiger partial charge is 0.361 e. The van der Waals surface area contributed by atoms with Crippen LogP contribution >= 0.6 is 0 Å². The van der Waals surface area contributed by atoms with Gasteiger partial charge in [-0.3, -0.25) is 9.59 Å². The van der Waals surface area contributed by atoms with Crippen LogP contribution in [0.5, 0.6) is 0 Å². The molecule has 2 unspecified atom stereocenters. The quantitative estimate of drug-likeness (QED) is 0.0211. The van der Waals surface area contributed by atoms with Gasteiger partial charge in [-0.05, 0) is 116 Å².